The van der Waals surface area contributed by atoms with Crippen LogP contribution in [0.3, 0.4) is 0 Å². The van der Waals surface area contributed by atoms with Gasteiger partial charge in [-0.2, -0.15) is 0 Å². The molecule has 0 bridgehead atoms. The summed E-state index contributed by atoms with van der Waals surface area (Å²) in [6, 6.07) is 11.5. The van der Waals surface area contributed by atoms with Crippen molar-refractivity contribution in [1.82, 2.24) is 14.5 Å². The summed E-state index contributed by atoms with van der Waals surface area (Å²) >= 11 is 5.90. The summed E-state index contributed by atoms with van der Waals surface area (Å²) in [7, 11) is 0. The third kappa shape index (κ3) is 3.08. The molecule has 21 heavy (non-hydrogen) atoms. The van der Waals surface area contributed by atoms with Crippen LogP contribution in [0.5, 0.6) is 5.75 Å². The molecule has 108 valence electrons. The molecule has 2 heterocycles. The van der Waals surface area contributed by atoms with Gasteiger partial charge in [-0.15, -0.1) is 0 Å². The number of hydrogen-bond donors (Lipinski definition) is 1. The van der Waals surface area contributed by atoms with Gasteiger partial charge in [0.25, 0.3) is 0 Å². The molecule has 0 aliphatic rings. The van der Waals surface area contributed by atoms with Gasteiger partial charge in [0.05, 0.1) is 11.6 Å². The first-order valence-corrected chi connectivity index (χ1v) is 7.07. The van der Waals surface area contributed by atoms with Gasteiger partial charge in [-0.3, -0.25) is 4.57 Å². The van der Waals surface area contributed by atoms with Gasteiger partial charge in [-0.1, -0.05) is 29.8 Å². The minimum absolute atomic E-state index is 0.444. The Bertz CT molecular complexity index is 742. The number of rotatable bonds is 5. The van der Waals surface area contributed by atoms with Crippen molar-refractivity contribution in [3.63, 3.8) is 0 Å². The fraction of sp³-hybridized carbons (Fsp3) is 0.200. The molecule has 0 aliphatic carbocycles. The quantitative estimate of drug-likeness (QED) is 0.735. The molecule has 0 atom stereocenters. The van der Waals surface area contributed by atoms with E-state index < -0.39 is 0 Å². The van der Waals surface area contributed by atoms with Gasteiger partial charge in [0.1, 0.15) is 11.3 Å². The van der Waals surface area contributed by atoms with Crippen LogP contribution >= 0.6 is 11.6 Å². The lowest BCUT2D eigenvalue weighted by Crippen LogP contribution is -2.08. The minimum Gasteiger partial charge on any atom is -0.494 e. The van der Waals surface area contributed by atoms with Crippen molar-refractivity contribution < 1.29 is 4.74 Å². The number of aryl methyl sites for hydroxylation is 1. The molecule has 0 fully saturated rings. The fourth-order valence-corrected chi connectivity index (χ4v) is 2.31. The number of pyridine rings is 1. The van der Waals surface area contributed by atoms with Crippen LogP contribution in [0, 0.1) is 0 Å². The second-order valence-electron chi connectivity index (χ2n) is 4.63. The van der Waals surface area contributed by atoms with E-state index in [1.165, 1.54) is 0 Å². The van der Waals surface area contributed by atoms with E-state index >= 15 is 0 Å². The van der Waals surface area contributed by atoms with Gasteiger partial charge in [0, 0.05) is 12.7 Å². The first-order chi connectivity index (χ1) is 10.2. The normalized spacial score (nSPS) is 10.9. The summed E-state index contributed by atoms with van der Waals surface area (Å²) in [5.74, 6) is 1.31. The number of nitrogens with two attached hydrogens (primary N) is 1. The van der Waals surface area contributed by atoms with E-state index in [-0.39, 0.29) is 0 Å². The number of nitrogens with zero attached hydrogens (tertiary/aromatic N) is 3. The molecule has 0 spiro atoms. The lowest BCUT2D eigenvalue weighted by atomic mass is 10.3. The molecule has 6 heteroatoms. The molecule has 0 unspecified atom stereocenters. The average molecular weight is 303 g/mol. The summed E-state index contributed by atoms with van der Waals surface area (Å²) < 4.78 is 7.53. The highest BCUT2D eigenvalue weighted by molar-refractivity contribution is 6.31. The summed E-state index contributed by atoms with van der Waals surface area (Å²) in [5.41, 5.74) is 7.38. The zero-order valence-electron chi connectivity index (χ0n) is 11.4. The maximum Gasteiger partial charge on any atom is 0.202 e. The highest BCUT2D eigenvalue weighted by atomic mass is 35.5. The number of aromatic nitrogens is 3. The van der Waals surface area contributed by atoms with Gasteiger partial charge in [0.15, 0.2) is 5.65 Å². The lowest BCUT2D eigenvalue weighted by Gasteiger charge is -2.08. The van der Waals surface area contributed by atoms with Crippen LogP contribution in [0.15, 0.2) is 42.6 Å². The average Bonchev–Trinajstić information content (AvgIpc) is 2.79. The number of halogens is 1. The maximum atomic E-state index is 5.92. The molecule has 0 saturated heterocycles. The van der Waals surface area contributed by atoms with Gasteiger partial charge in [-0.25, -0.2) is 9.97 Å². The Kier molecular flexibility index (Phi) is 3.92. The molecule has 2 N–H and O–H groups in total. The molecule has 2 aromatic heterocycles. The molecular weight excluding hydrogens is 288 g/mol. The fourth-order valence-electron chi connectivity index (χ4n) is 2.15. The topological polar surface area (TPSA) is 66.0 Å². The van der Waals surface area contributed by atoms with Crippen molar-refractivity contribution in [1.29, 1.82) is 0 Å². The smallest absolute Gasteiger partial charge is 0.202 e. The zero-order chi connectivity index (χ0) is 14.7. The minimum atomic E-state index is 0.444. The maximum absolute atomic E-state index is 5.92. The number of imidazole rings is 1. The van der Waals surface area contributed by atoms with E-state index in [1.54, 1.807) is 12.3 Å². The van der Waals surface area contributed by atoms with Crippen LogP contribution < -0.4 is 10.5 Å². The first-order valence-electron chi connectivity index (χ1n) is 6.69. The van der Waals surface area contributed by atoms with Crippen LogP contribution in [0.1, 0.15) is 6.42 Å². The van der Waals surface area contributed by atoms with E-state index in [0.717, 1.165) is 17.8 Å². The van der Waals surface area contributed by atoms with E-state index in [2.05, 4.69) is 9.97 Å². The standard InChI is InChI=1S/C15H15ClN4O/c16-11-9-13-14(18-10-11)20(15(17)19-13)7-4-8-21-12-5-2-1-3-6-12/h1-3,5-6,9-10H,4,7-8H2,(H2,17,19). The molecule has 0 aliphatic heterocycles. The monoisotopic (exact) mass is 302 g/mol. The zero-order valence-corrected chi connectivity index (χ0v) is 12.1. The van der Waals surface area contributed by atoms with Crippen LogP contribution in [-0.4, -0.2) is 21.1 Å². The van der Waals surface area contributed by atoms with E-state index in [9.17, 15) is 0 Å². The van der Waals surface area contributed by atoms with Crippen molar-refractivity contribution in [3.05, 3.63) is 47.6 Å². The number of hydrogen-bond acceptors (Lipinski definition) is 4. The number of nitrogen functional groups attached to an aromatic ring is 1. The number of anilines is 1. The van der Waals surface area contributed by atoms with Crippen LogP contribution in [0.25, 0.3) is 11.2 Å². The molecule has 5 nitrogen and oxygen atoms in total. The van der Waals surface area contributed by atoms with E-state index in [1.807, 2.05) is 34.9 Å². The second kappa shape index (κ2) is 6.01. The lowest BCUT2D eigenvalue weighted by molar-refractivity contribution is 0.303. The van der Waals surface area contributed by atoms with Crippen molar-refractivity contribution in [2.75, 3.05) is 12.3 Å². The Morgan fingerprint density at radius 3 is 2.86 bits per heavy atom. The Labute approximate surface area is 127 Å². The highest BCUT2D eigenvalue weighted by Gasteiger charge is 2.09. The van der Waals surface area contributed by atoms with Gasteiger partial charge < -0.3 is 10.5 Å². The predicted molar refractivity (Wildman–Crippen MR) is 83.5 cm³/mol. The van der Waals surface area contributed by atoms with Crippen LogP contribution in [0.4, 0.5) is 5.95 Å². The second-order valence-corrected chi connectivity index (χ2v) is 5.07. The van der Waals surface area contributed by atoms with Crippen molar-refractivity contribution in [2.24, 2.45) is 0 Å². The Morgan fingerprint density at radius 1 is 1.24 bits per heavy atom. The van der Waals surface area contributed by atoms with E-state index in [0.29, 0.717) is 29.6 Å². The summed E-state index contributed by atoms with van der Waals surface area (Å²) in [6.45, 7) is 1.31. The van der Waals surface area contributed by atoms with Crippen LogP contribution in [0.2, 0.25) is 5.02 Å². The summed E-state index contributed by atoms with van der Waals surface area (Å²) in [4.78, 5) is 8.55. The third-order valence-electron chi connectivity index (χ3n) is 3.12. The predicted octanol–water partition coefficient (Wildman–Crippen LogP) is 3.14. The Morgan fingerprint density at radius 2 is 2.05 bits per heavy atom. The van der Waals surface area contributed by atoms with Gasteiger partial charge >= 0.3 is 0 Å². The largest absolute Gasteiger partial charge is 0.494 e. The number of benzene rings is 1. The summed E-state index contributed by atoms with van der Waals surface area (Å²) in [6.07, 6.45) is 2.41. The molecular formula is C15H15ClN4O. The van der Waals surface area contributed by atoms with E-state index in [4.69, 9.17) is 22.1 Å². The third-order valence-corrected chi connectivity index (χ3v) is 3.33. The molecule has 0 saturated carbocycles. The molecule has 0 amide bonds. The number of ether oxygens (including phenoxy) is 1. The molecule has 1 aromatic carbocycles. The van der Waals surface area contributed by atoms with Gasteiger partial charge in [-0.05, 0) is 24.6 Å². The van der Waals surface area contributed by atoms with Crippen LogP contribution in [-0.2, 0) is 6.54 Å². The molecule has 3 aromatic rings. The van der Waals surface area contributed by atoms with Crippen molar-refractivity contribution in [3.8, 4) is 5.75 Å². The SMILES string of the molecule is Nc1nc2cc(Cl)cnc2n1CCCOc1ccccc1. The summed E-state index contributed by atoms with van der Waals surface area (Å²) in [5, 5.41) is 0.555. The van der Waals surface area contributed by atoms with Crippen molar-refractivity contribution >= 4 is 28.7 Å². The van der Waals surface area contributed by atoms with Crippen molar-refractivity contribution in [2.45, 2.75) is 13.0 Å². The highest BCUT2D eigenvalue weighted by Crippen LogP contribution is 2.19. The number of fused-ring (bicyclic) bond motifs is 1. The molecule has 3 rings (SSSR count). The Balaban J connectivity index is 1.64. The Hall–Kier alpha value is -2.27. The first kappa shape index (κ1) is 13.7. The number of para-hydroxylation sites is 1. The van der Waals surface area contributed by atoms with Gasteiger partial charge in [0.2, 0.25) is 5.95 Å². The molecule has 0 radical (unpaired) electrons.